The lowest BCUT2D eigenvalue weighted by Gasteiger charge is -2.19. The maximum absolute atomic E-state index is 12.4. The van der Waals surface area contributed by atoms with Crippen LogP contribution in [0, 0.1) is 0 Å². The Labute approximate surface area is 154 Å². The standard InChI is InChI=1S/C21H25NO4/c1-3-25-18-12-10-17(11-13-18)19(15-21(24)26-4-2)22-20(23)14-16-8-6-5-7-9-16/h5-13,19H,3-4,14-15H2,1-2H3,(H,22,23). The largest absolute Gasteiger partial charge is 0.494 e. The minimum absolute atomic E-state index is 0.0857. The summed E-state index contributed by atoms with van der Waals surface area (Å²) in [6, 6.07) is 16.4. The number of hydrogen-bond acceptors (Lipinski definition) is 4. The first-order valence-corrected chi connectivity index (χ1v) is 8.84. The predicted molar refractivity (Wildman–Crippen MR) is 99.9 cm³/mol. The summed E-state index contributed by atoms with van der Waals surface area (Å²) in [5, 5.41) is 2.94. The molecule has 0 aromatic heterocycles. The predicted octanol–water partition coefficient (Wildman–Crippen LogP) is 3.44. The van der Waals surface area contributed by atoms with Gasteiger partial charge in [-0.1, -0.05) is 42.5 Å². The highest BCUT2D eigenvalue weighted by atomic mass is 16.5. The highest BCUT2D eigenvalue weighted by Gasteiger charge is 2.19. The maximum Gasteiger partial charge on any atom is 0.308 e. The zero-order valence-corrected chi connectivity index (χ0v) is 15.2. The summed E-state index contributed by atoms with van der Waals surface area (Å²) >= 11 is 0. The van der Waals surface area contributed by atoms with Crippen LogP contribution >= 0.6 is 0 Å². The third-order valence-electron chi connectivity index (χ3n) is 3.81. The van der Waals surface area contributed by atoms with E-state index in [-0.39, 0.29) is 24.7 Å². The summed E-state index contributed by atoms with van der Waals surface area (Å²) in [4.78, 5) is 24.4. The molecule has 1 atom stereocenters. The molecule has 1 N–H and O–H groups in total. The van der Waals surface area contributed by atoms with Gasteiger partial charge in [-0.15, -0.1) is 0 Å². The number of rotatable bonds is 9. The molecule has 2 aromatic rings. The highest BCUT2D eigenvalue weighted by molar-refractivity contribution is 5.80. The molecule has 5 heteroatoms. The molecule has 0 aliphatic carbocycles. The Kier molecular flexibility index (Phi) is 7.68. The molecule has 2 rings (SSSR count). The van der Waals surface area contributed by atoms with Crippen LogP contribution in [0.3, 0.4) is 0 Å². The van der Waals surface area contributed by atoms with E-state index >= 15 is 0 Å². The Balaban J connectivity index is 2.09. The summed E-state index contributed by atoms with van der Waals surface area (Å²) in [6.45, 7) is 4.57. The van der Waals surface area contributed by atoms with Crippen LogP contribution in [0.5, 0.6) is 5.75 Å². The lowest BCUT2D eigenvalue weighted by atomic mass is 10.0. The van der Waals surface area contributed by atoms with Crippen molar-refractivity contribution in [2.45, 2.75) is 32.7 Å². The second-order valence-electron chi connectivity index (χ2n) is 5.79. The van der Waals surface area contributed by atoms with Crippen molar-refractivity contribution in [2.24, 2.45) is 0 Å². The van der Waals surface area contributed by atoms with E-state index in [0.29, 0.717) is 13.2 Å². The molecular formula is C21H25NO4. The van der Waals surface area contributed by atoms with Crippen molar-refractivity contribution in [1.82, 2.24) is 5.32 Å². The molecule has 0 radical (unpaired) electrons. The fourth-order valence-corrected chi connectivity index (χ4v) is 2.63. The monoisotopic (exact) mass is 355 g/mol. The average Bonchev–Trinajstić information content (AvgIpc) is 2.63. The lowest BCUT2D eigenvalue weighted by Crippen LogP contribution is -2.31. The van der Waals surface area contributed by atoms with E-state index in [9.17, 15) is 9.59 Å². The zero-order chi connectivity index (χ0) is 18.8. The van der Waals surface area contributed by atoms with Crippen LogP contribution in [-0.2, 0) is 20.7 Å². The molecule has 0 aliphatic rings. The van der Waals surface area contributed by atoms with Crippen molar-refractivity contribution >= 4 is 11.9 Å². The lowest BCUT2D eigenvalue weighted by molar-refractivity contribution is -0.143. The molecule has 26 heavy (non-hydrogen) atoms. The number of benzene rings is 2. The molecule has 1 unspecified atom stereocenters. The first kappa shape index (κ1) is 19.5. The van der Waals surface area contributed by atoms with Crippen LogP contribution in [0.4, 0.5) is 0 Å². The molecule has 0 saturated heterocycles. The molecule has 0 bridgehead atoms. The van der Waals surface area contributed by atoms with Gasteiger partial charge in [-0.2, -0.15) is 0 Å². The Hall–Kier alpha value is -2.82. The minimum Gasteiger partial charge on any atom is -0.494 e. The van der Waals surface area contributed by atoms with Gasteiger partial charge in [0, 0.05) is 0 Å². The van der Waals surface area contributed by atoms with Crippen LogP contribution < -0.4 is 10.1 Å². The van der Waals surface area contributed by atoms with E-state index in [1.807, 2.05) is 61.5 Å². The summed E-state index contributed by atoms with van der Waals surface area (Å²) in [5.74, 6) is 0.271. The van der Waals surface area contributed by atoms with Crippen LogP contribution in [0.25, 0.3) is 0 Å². The van der Waals surface area contributed by atoms with Gasteiger partial charge in [0.2, 0.25) is 5.91 Å². The van der Waals surface area contributed by atoms with E-state index in [1.165, 1.54) is 0 Å². The smallest absolute Gasteiger partial charge is 0.308 e. The Morgan fingerprint density at radius 2 is 1.65 bits per heavy atom. The molecule has 1 amide bonds. The number of carbonyl (C=O) groups is 2. The van der Waals surface area contributed by atoms with Gasteiger partial charge in [-0.25, -0.2) is 0 Å². The molecule has 0 heterocycles. The van der Waals surface area contributed by atoms with Gasteiger partial charge in [0.25, 0.3) is 0 Å². The van der Waals surface area contributed by atoms with Crippen LogP contribution in [0.1, 0.15) is 37.4 Å². The number of amides is 1. The van der Waals surface area contributed by atoms with Gasteiger partial charge in [0.15, 0.2) is 0 Å². The van der Waals surface area contributed by atoms with Gasteiger partial charge in [0.05, 0.1) is 32.1 Å². The highest BCUT2D eigenvalue weighted by Crippen LogP contribution is 2.21. The first-order valence-electron chi connectivity index (χ1n) is 8.84. The van der Waals surface area contributed by atoms with Crippen LogP contribution in [-0.4, -0.2) is 25.1 Å². The Bertz CT molecular complexity index is 698. The van der Waals surface area contributed by atoms with Crippen LogP contribution in [0.2, 0.25) is 0 Å². The van der Waals surface area contributed by atoms with Gasteiger partial charge in [-0.05, 0) is 37.1 Å². The van der Waals surface area contributed by atoms with Crippen LogP contribution in [0.15, 0.2) is 54.6 Å². The van der Waals surface area contributed by atoms with Crippen molar-refractivity contribution in [1.29, 1.82) is 0 Å². The van der Waals surface area contributed by atoms with Gasteiger partial charge >= 0.3 is 5.97 Å². The van der Waals surface area contributed by atoms with Crippen molar-refractivity contribution in [3.05, 3.63) is 65.7 Å². The normalized spacial score (nSPS) is 11.5. The number of ether oxygens (including phenoxy) is 2. The topological polar surface area (TPSA) is 64.6 Å². The third-order valence-corrected chi connectivity index (χ3v) is 3.81. The van der Waals surface area contributed by atoms with Crippen molar-refractivity contribution < 1.29 is 19.1 Å². The van der Waals surface area contributed by atoms with Crippen molar-refractivity contribution in [2.75, 3.05) is 13.2 Å². The van der Waals surface area contributed by atoms with Gasteiger partial charge in [-0.3, -0.25) is 9.59 Å². The molecular weight excluding hydrogens is 330 g/mol. The fraction of sp³-hybridized carbons (Fsp3) is 0.333. The molecule has 2 aromatic carbocycles. The zero-order valence-electron chi connectivity index (χ0n) is 15.2. The maximum atomic E-state index is 12.4. The summed E-state index contributed by atoms with van der Waals surface area (Å²) in [7, 11) is 0. The van der Waals surface area contributed by atoms with Gasteiger partial charge in [0.1, 0.15) is 5.75 Å². The van der Waals surface area contributed by atoms with E-state index in [2.05, 4.69) is 5.32 Å². The molecule has 0 fully saturated rings. The second kappa shape index (κ2) is 10.2. The Morgan fingerprint density at radius 3 is 2.27 bits per heavy atom. The number of nitrogens with one attached hydrogen (secondary N) is 1. The summed E-state index contributed by atoms with van der Waals surface area (Å²) in [6.07, 6.45) is 0.347. The quantitative estimate of drug-likeness (QED) is 0.700. The summed E-state index contributed by atoms with van der Waals surface area (Å²) < 4.78 is 10.5. The first-order chi connectivity index (χ1) is 12.6. The van der Waals surface area contributed by atoms with E-state index in [4.69, 9.17) is 9.47 Å². The van der Waals surface area contributed by atoms with E-state index in [0.717, 1.165) is 16.9 Å². The molecule has 0 saturated carbocycles. The second-order valence-corrected chi connectivity index (χ2v) is 5.79. The van der Waals surface area contributed by atoms with Crippen molar-refractivity contribution in [3.63, 3.8) is 0 Å². The van der Waals surface area contributed by atoms with E-state index in [1.54, 1.807) is 6.92 Å². The fourth-order valence-electron chi connectivity index (χ4n) is 2.63. The molecule has 0 spiro atoms. The van der Waals surface area contributed by atoms with Crippen molar-refractivity contribution in [3.8, 4) is 5.75 Å². The number of esters is 1. The van der Waals surface area contributed by atoms with Gasteiger partial charge < -0.3 is 14.8 Å². The summed E-state index contributed by atoms with van der Waals surface area (Å²) in [5.41, 5.74) is 1.76. The number of hydrogen-bond donors (Lipinski definition) is 1. The minimum atomic E-state index is -0.444. The average molecular weight is 355 g/mol. The number of carbonyl (C=O) groups excluding carboxylic acids is 2. The molecule has 138 valence electrons. The Morgan fingerprint density at radius 1 is 0.962 bits per heavy atom. The van der Waals surface area contributed by atoms with E-state index < -0.39 is 6.04 Å². The SMILES string of the molecule is CCOC(=O)CC(NC(=O)Cc1ccccc1)c1ccc(OCC)cc1. The molecule has 0 aliphatic heterocycles. The molecule has 5 nitrogen and oxygen atoms in total. The third kappa shape index (κ3) is 6.24.